The maximum absolute atomic E-state index is 11.8. The molecule has 0 aliphatic heterocycles. The minimum Gasteiger partial charge on any atom is -0.508 e. The van der Waals surface area contributed by atoms with E-state index >= 15 is 0 Å². The Morgan fingerprint density at radius 1 is 1.41 bits per heavy atom. The lowest BCUT2D eigenvalue weighted by Crippen LogP contribution is -2.13. The number of carbonyl (C=O) groups excluding carboxylic acids is 1. The first kappa shape index (κ1) is 11.8. The van der Waals surface area contributed by atoms with Crippen LogP contribution < -0.4 is 5.73 Å². The third-order valence-electron chi connectivity index (χ3n) is 3.18. The quantitative estimate of drug-likeness (QED) is 0.479. The van der Waals surface area contributed by atoms with Crippen LogP contribution in [0, 0.1) is 5.92 Å². The summed E-state index contributed by atoms with van der Waals surface area (Å²) in [6, 6.07) is 4.29. The van der Waals surface area contributed by atoms with Crippen LogP contribution in [0.3, 0.4) is 0 Å². The maximum atomic E-state index is 11.8. The molecule has 92 valence electrons. The molecule has 1 saturated carbocycles. The van der Waals surface area contributed by atoms with Crippen molar-refractivity contribution in [2.75, 3.05) is 12.3 Å². The van der Waals surface area contributed by atoms with Gasteiger partial charge in [0.05, 0.1) is 12.2 Å². The van der Waals surface area contributed by atoms with Crippen LogP contribution in [0.2, 0.25) is 0 Å². The van der Waals surface area contributed by atoms with Gasteiger partial charge in [0.1, 0.15) is 5.75 Å². The van der Waals surface area contributed by atoms with Crippen molar-refractivity contribution in [1.29, 1.82) is 0 Å². The van der Waals surface area contributed by atoms with Crippen molar-refractivity contribution in [3.05, 3.63) is 23.8 Å². The van der Waals surface area contributed by atoms with Gasteiger partial charge < -0.3 is 15.6 Å². The van der Waals surface area contributed by atoms with Gasteiger partial charge in [0.2, 0.25) is 0 Å². The van der Waals surface area contributed by atoms with E-state index in [1.165, 1.54) is 31.0 Å². The lowest BCUT2D eigenvalue weighted by atomic mass is 10.1. The van der Waals surface area contributed by atoms with Gasteiger partial charge in [-0.15, -0.1) is 0 Å². The standard InChI is InChI=1S/C13H17NO3/c14-12-6-5-10(15)7-11(12)13(16)17-8-9-3-1-2-4-9/h5-7,9,15H,1-4,8,14H2. The Bertz CT molecular complexity index is 411. The fourth-order valence-corrected chi connectivity index (χ4v) is 2.17. The molecule has 0 saturated heterocycles. The van der Waals surface area contributed by atoms with E-state index in [-0.39, 0.29) is 11.3 Å². The zero-order valence-corrected chi connectivity index (χ0v) is 9.69. The van der Waals surface area contributed by atoms with Crippen LogP contribution in [-0.4, -0.2) is 17.7 Å². The van der Waals surface area contributed by atoms with E-state index in [1.54, 1.807) is 0 Å². The number of anilines is 1. The third-order valence-corrected chi connectivity index (χ3v) is 3.18. The average Bonchev–Trinajstić information content (AvgIpc) is 2.82. The predicted molar refractivity (Wildman–Crippen MR) is 64.8 cm³/mol. The molecule has 4 heteroatoms. The summed E-state index contributed by atoms with van der Waals surface area (Å²) in [6.07, 6.45) is 4.69. The van der Waals surface area contributed by atoms with Gasteiger partial charge in [-0.1, -0.05) is 12.8 Å². The summed E-state index contributed by atoms with van der Waals surface area (Å²) in [6.45, 7) is 0.452. The molecule has 3 N–H and O–H groups in total. The normalized spacial score (nSPS) is 16.0. The molecular weight excluding hydrogens is 218 g/mol. The van der Waals surface area contributed by atoms with Crippen LogP contribution in [0.1, 0.15) is 36.0 Å². The lowest BCUT2D eigenvalue weighted by molar-refractivity contribution is 0.0443. The second-order valence-electron chi connectivity index (χ2n) is 4.52. The summed E-state index contributed by atoms with van der Waals surface area (Å²) in [4.78, 5) is 11.8. The van der Waals surface area contributed by atoms with Gasteiger partial charge in [-0.3, -0.25) is 0 Å². The number of ether oxygens (including phenoxy) is 1. The predicted octanol–water partition coefficient (Wildman–Crippen LogP) is 2.32. The van der Waals surface area contributed by atoms with Crippen molar-refractivity contribution in [3.63, 3.8) is 0 Å². The highest BCUT2D eigenvalue weighted by Crippen LogP contribution is 2.25. The van der Waals surface area contributed by atoms with Crippen LogP contribution >= 0.6 is 0 Å². The first-order valence-electron chi connectivity index (χ1n) is 5.92. The molecule has 1 fully saturated rings. The van der Waals surface area contributed by atoms with E-state index in [4.69, 9.17) is 10.5 Å². The Labute approximate surface area is 100 Å². The summed E-state index contributed by atoms with van der Waals surface area (Å²) in [5.74, 6) is 0.0507. The molecule has 0 bridgehead atoms. The Hall–Kier alpha value is -1.71. The second kappa shape index (κ2) is 5.08. The second-order valence-corrected chi connectivity index (χ2v) is 4.52. The largest absolute Gasteiger partial charge is 0.508 e. The van der Waals surface area contributed by atoms with Crippen molar-refractivity contribution >= 4 is 11.7 Å². The van der Waals surface area contributed by atoms with E-state index in [2.05, 4.69) is 0 Å². The monoisotopic (exact) mass is 235 g/mol. The molecular formula is C13H17NO3. The van der Waals surface area contributed by atoms with E-state index in [0.29, 0.717) is 18.2 Å². The van der Waals surface area contributed by atoms with Crippen LogP contribution in [0.15, 0.2) is 18.2 Å². The highest BCUT2D eigenvalue weighted by molar-refractivity contribution is 5.95. The Morgan fingerprint density at radius 3 is 2.82 bits per heavy atom. The van der Waals surface area contributed by atoms with Crippen molar-refractivity contribution < 1.29 is 14.6 Å². The number of phenols is 1. The number of hydrogen-bond acceptors (Lipinski definition) is 4. The number of aromatic hydroxyl groups is 1. The molecule has 1 aliphatic rings. The number of esters is 1. The molecule has 1 aliphatic carbocycles. The summed E-state index contributed by atoms with van der Waals surface area (Å²) < 4.78 is 5.22. The SMILES string of the molecule is Nc1ccc(O)cc1C(=O)OCC1CCCC1. The van der Waals surface area contributed by atoms with Gasteiger partial charge in [-0.25, -0.2) is 4.79 Å². The summed E-state index contributed by atoms with van der Waals surface area (Å²) in [5, 5.41) is 9.30. The molecule has 1 aromatic carbocycles. The highest BCUT2D eigenvalue weighted by Gasteiger charge is 2.18. The molecule has 4 nitrogen and oxygen atoms in total. The third kappa shape index (κ3) is 2.90. The Morgan fingerprint density at radius 2 is 2.12 bits per heavy atom. The minimum atomic E-state index is -0.453. The zero-order valence-electron chi connectivity index (χ0n) is 9.69. The van der Waals surface area contributed by atoms with E-state index in [9.17, 15) is 9.90 Å². The maximum Gasteiger partial charge on any atom is 0.340 e. The molecule has 1 aromatic rings. The molecule has 0 amide bonds. The summed E-state index contributed by atoms with van der Waals surface area (Å²) in [7, 11) is 0. The van der Waals surface area contributed by atoms with Crippen LogP contribution in [0.4, 0.5) is 5.69 Å². The Kier molecular flexibility index (Phi) is 3.52. The average molecular weight is 235 g/mol. The van der Waals surface area contributed by atoms with Crippen molar-refractivity contribution in [2.45, 2.75) is 25.7 Å². The van der Waals surface area contributed by atoms with Gasteiger partial charge in [0.25, 0.3) is 0 Å². The Balaban J connectivity index is 1.96. The molecule has 2 rings (SSSR count). The first-order valence-corrected chi connectivity index (χ1v) is 5.92. The molecule has 0 spiro atoms. The van der Waals surface area contributed by atoms with Crippen molar-refractivity contribution in [2.24, 2.45) is 5.92 Å². The molecule has 0 atom stereocenters. The van der Waals surface area contributed by atoms with Crippen LogP contribution in [-0.2, 0) is 4.74 Å². The number of nitrogens with two attached hydrogens (primary N) is 1. The molecule has 17 heavy (non-hydrogen) atoms. The van der Waals surface area contributed by atoms with E-state index < -0.39 is 5.97 Å². The van der Waals surface area contributed by atoms with Gasteiger partial charge >= 0.3 is 5.97 Å². The summed E-state index contributed by atoms with van der Waals surface area (Å²) in [5.41, 5.74) is 6.23. The number of rotatable bonds is 3. The van der Waals surface area contributed by atoms with Gasteiger partial charge in [0, 0.05) is 5.69 Å². The number of phenolic OH excluding ortho intramolecular Hbond substituents is 1. The van der Waals surface area contributed by atoms with Crippen molar-refractivity contribution in [3.8, 4) is 5.75 Å². The first-order chi connectivity index (χ1) is 8.16. The fourth-order valence-electron chi connectivity index (χ4n) is 2.17. The number of benzene rings is 1. The zero-order chi connectivity index (χ0) is 12.3. The fraction of sp³-hybridized carbons (Fsp3) is 0.462. The van der Waals surface area contributed by atoms with Crippen LogP contribution in [0.5, 0.6) is 5.75 Å². The lowest BCUT2D eigenvalue weighted by Gasteiger charge is -2.11. The topological polar surface area (TPSA) is 72.5 Å². The molecule has 0 heterocycles. The highest BCUT2D eigenvalue weighted by atomic mass is 16.5. The molecule has 0 radical (unpaired) electrons. The van der Waals surface area contributed by atoms with Gasteiger partial charge in [-0.2, -0.15) is 0 Å². The number of nitrogen functional groups attached to an aromatic ring is 1. The van der Waals surface area contributed by atoms with Crippen LogP contribution in [0.25, 0.3) is 0 Å². The van der Waals surface area contributed by atoms with E-state index in [0.717, 1.165) is 12.8 Å². The smallest absolute Gasteiger partial charge is 0.340 e. The van der Waals surface area contributed by atoms with Gasteiger partial charge in [-0.05, 0) is 37.0 Å². The number of hydrogen-bond donors (Lipinski definition) is 2. The molecule has 0 unspecified atom stereocenters. The summed E-state index contributed by atoms with van der Waals surface area (Å²) >= 11 is 0. The van der Waals surface area contributed by atoms with Gasteiger partial charge in [0.15, 0.2) is 0 Å². The molecule has 0 aromatic heterocycles. The van der Waals surface area contributed by atoms with E-state index in [1.807, 2.05) is 0 Å². The number of carbonyl (C=O) groups is 1. The minimum absolute atomic E-state index is 0.0204. The van der Waals surface area contributed by atoms with Crippen molar-refractivity contribution in [1.82, 2.24) is 0 Å².